The Balaban J connectivity index is 1.36. The van der Waals surface area contributed by atoms with Crippen LogP contribution in [-0.2, 0) is 27.4 Å². The predicted octanol–water partition coefficient (Wildman–Crippen LogP) is 6.27. The number of ether oxygens (including phenoxy) is 2. The minimum Gasteiger partial charge on any atom is -0.493 e. The number of benzene rings is 3. The fourth-order valence-electron chi connectivity index (χ4n) is 5.76. The summed E-state index contributed by atoms with van der Waals surface area (Å²) in [5, 5.41) is 12.1. The molecular formula is C37H48N3O6+. The summed E-state index contributed by atoms with van der Waals surface area (Å²) in [7, 11) is 6.12. The van der Waals surface area contributed by atoms with Gasteiger partial charge in [0, 0.05) is 18.7 Å². The standard InChI is InChI=1S/C37H47N3O6/c1-26-12-6-19-34(27(26)2)45-23-11-20-35(41)39-21-9-16-31-30(15-8-18-33(31)39)29-14-7-13-28(24-29)25-46-37(44)38-32(36(42)43)17-10-22-40(3,4)5/h6-8,12-15,18-19,24,32H,9-11,16-17,20-23,25H2,1-5H3,(H-,38,42,43,44)/p+1/t32-/m0/s1. The first-order valence-corrected chi connectivity index (χ1v) is 16.1. The molecule has 1 heterocycles. The number of alkyl carbamates (subject to hydrolysis) is 1. The fraction of sp³-hybridized carbons (Fsp3) is 0.432. The first-order valence-electron chi connectivity index (χ1n) is 16.1. The second-order valence-electron chi connectivity index (χ2n) is 13.1. The Labute approximate surface area is 272 Å². The van der Waals surface area contributed by atoms with Crippen LogP contribution in [0.1, 0.15) is 54.4 Å². The van der Waals surface area contributed by atoms with E-state index in [4.69, 9.17) is 9.47 Å². The molecule has 0 saturated heterocycles. The van der Waals surface area contributed by atoms with Gasteiger partial charge in [-0.05, 0) is 97.5 Å². The highest BCUT2D eigenvalue weighted by molar-refractivity contribution is 5.96. The number of anilines is 1. The highest BCUT2D eigenvalue weighted by Gasteiger charge is 2.25. The molecule has 0 spiro atoms. The zero-order valence-corrected chi connectivity index (χ0v) is 27.8. The van der Waals surface area contributed by atoms with Crippen LogP contribution in [0.25, 0.3) is 11.1 Å². The van der Waals surface area contributed by atoms with Crippen molar-refractivity contribution in [2.45, 2.75) is 65.0 Å². The summed E-state index contributed by atoms with van der Waals surface area (Å²) in [4.78, 5) is 39.4. The van der Waals surface area contributed by atoms with Gasteiger partial charge in [-0.25, -0.2) is 9.59 Å². The van der Waals surface area contributed by atoms with Gasteiger partial charge >= 0.3 is 12.1 Å². The largest absolute Gasteiger partial charge is 0.493 e. The van der Waals surface area contributed by atoms with E-state index in [-0.39, 0.29) is 12.5 Å². The van der Waals surface area contributed by atoms with Crippen molar-refractivity contribution in [1.82, 2.24) is 5.32 Å². The molecule has 0 saturated carbocycles. The summed E-state index contributed by atoms with van der Waals surface area (Å²) >= 11 is 0. The summed E-state index contributed by atoms with van der Waals surface area (Å²) in [5.74, 6) is -0.121. The molecule has 3 aromatic rings. The van der Waals surface area contributed by atoms with Crippen LogP contribution in [0.15, 0.2) is 60.7 Å². The molecule has 4 rings (SSSR count). The first kappa shape index (κ1) is 34.5. The maximum Gasteiger partial charge on any atom is 0.408 e. The molecule has 2 N–H and O–H groups in total. The number of nitrogens with zero attached hydrogens (tertiary/aromatic N) is 2. The third-order valence-corrected chi connectivity index (χ3v) is 8.42. The molecule has 0 fully saturated rings. The lowest BCUT2D eigenvalue weighted by Gasteiger charge is -2.31. The smallest absolute Gasteiger partial charge is 0.408 e. The molecule has 1 aliphatic heterocycles. The highest BCUT2D eigenvalue weighted by atomic mass is 16.5. The van der Waals surface area contributed by atoms with Gasteiger partial charge in [0.2, 0.25) is 5.91 Å². The van der Waals surface area contributed by atoms with Crippen LogP contribution in [-0.4, -0.2) is 74.4 Å². The second kappa shape index (κ2) is 15.8. The number of carboxylic acid groups (broad SMARTS) is 1. The Morgan fingerprint density at radius 1 is 1.00 bits per heavy atom. The Bertz CT molecular complexity index is 1530. The minimum atomic E-state index is -1.08. The predicted molar refractivity (Wildman–Crippen MR) is 180 cm³/mol. The van der Waals surface area contributed by atoms with Crippen molar-refractivity contribution >= 4 is 23.7 Å². The number of carbonyl (C=O) groups excluding carboxylic acids is 2. The molecule has 9 heteroatoms. The maximum absolute atomic E-state index is 13.3. The lowest BCUT2D eigenvalue weighted by molar-refractivity contribution is -0.870. The van der Waals surface area contributed by atoms with Gasteiger partial charge in [-0.15, -0.1) is 0 Å². The Hall–Kier alpha value is -4.37. The zero-order chi connectivity index (χ0) is 33.3. The van der Waals surface area contributed by atoms with E-state index >= 15 is 0 Å². The van der Waals surface area contributed by atoms with Crippen LogP contribution in [0.5, 0.6) is 5.75 Å². The average Bonchev–Trinajstić information content (AvgIpc) is 3.02. The Morgan fingerprint density at radius 2 is 1.76 bits per heavy atom. The molecule has 0 unspecified atom stereocenters. The zero-order valence-electron chi connectivity index (χ0n) is 27.8. The molecule has 46 heavy (non-hydrogen) atoms. The van der Waals surface area contributed by atoms with E-state index in [1.54, 1.807) is 0 Å². The molecule has 246 valence electrons. The average molecular weight is 631 g/mol. The van der Waals surface area contributed by atoms with Crippen molar-refractivity contribution in [2.24, 2.45) is 0 Å². The van der Waals surface area contributed by atoms with Gasteiger partial charge in [-0.2, -0.15) is 0 Å². The lowest BCUT2D eigenvalue weighted by atomic mass is 9.91. The summed E-state index contributed by atoms with van der Waals surface area (Å²) < 4.78 is 12.1. The number of nitrogens with one attached hydrogen (secondary N) is 1. The Morgan fingerprint density at radius 3 is 2.52 bits per heavy atom. The van der Waals surface area contributed by atoms with Gasteiger partial charge in [0.25, 0.3) is 0 Å². The number of amides is 2. The quantitative estimate of drug-likeness (QED) is 0.161. The van der Waals surface area contributed by atoms with E-state index in [1.165, 1.54) is 5.56 Å². The molecule has 9 nitrogen and oxygen atoms in total. The molecule has 0 bridgehead atoms. The molecule has 1 atom stereocenters. The summed E-state index contributed by atoms with van der Waals surface area (Å²) in [6.45, 7) is 6.08. The van der Waals surface area contributed by atoms with Crippen molar-refractivity contribution < 1.29 is 33.4 Å². The minimum absolute atomic E-state index is 0.00860. The molecule has 3 aromatic carbocycles. The number of carboxylic acids is 1. The number of hydrogen-bond donors (Lipinski definition) is 2. The maximum atomic E-state index is 13.3. The molecule has 2 amide bonds. The summed E-state index contributed by atoms with van der Waals surface area (Å²) in [5.41, 5.74) is 7.18. The van der Waals surface area contributed by atoms with E-state index in [0.717, 1.165) is 63.1 Å². The SMILES string of the molecule is Cc1cccc(OCCCC(=O)N2CCCc3c(-c4cccc(COC(=O)N[C@@H](CCC[N+](C)(C)C)C(=O)O)c4)cccc32)c1C. The molecular weight excluding hydrogens is 582 g/mol. The monoisotopic (exact) mass is 630 g/mol. The van der Waals surface area contributed by atoms with Gasteiger partial charge in [-0.1, -0.05) is 42.5 Å². The van der Waals surface area contributed by atoms with Gasteiger partial charge in [0.15, 0.2) is 0 Å². The van der Waals surface area contributed by atoms with Crippen molar-refractivity contribution in [3.05, 3.63) is 82.9 Å². The third kappa shape index (κ3) is 9.57. The molecule has 0 radical (unpaired) electrons. The lowest BCUT2D eigenvalue weighted by Crippen LogP contribution is -2.42. The molecule has 0 aliphatic carbocycles. The number of hydrogen-bond acceptors (Lipinski definition) is 5. The van der Waals surface area contributed by atoms with Crippen molar-refractivity contribution in [3.63, 3.8) is 0 Å². The number of carbonyl (C=O) groups is 3. The number of quaternary nitrogens is 1. The van der Waals surface area contributed by atoms with E-state index in [2.05, 4.69) is 24.4 Å². The molecule has 1 aliphatic rings. The van der Waals surface area contributed by atoms with E-state index in [9.17, 15) is 19.5 Å². The summed E-state index contributed by atoms with van der Waals surface area (Å²) in [6.07, 6.45) is 3.01. The first-order chi connectivity index (χ1) is 21.9. The highest BCUT2D eigenvalue weighted by Crippen LogP contribution is 2.36. The number of aliphatic carboxylic acids is 1. The topological polar surface area (TPSA) is 105 Å². The molecule has 0 aromatic heterocycles. The normalized spacial score (nSPS) is 13.5. The van der Waals surface area contributed by atoms with E-state index in [1.807, 2.05) is 81.5 Å². The number of fused-ring (bicyclic) bond motifs is 1. The van der Waals surface area contributed by atoms with Crippen LogP contribution in [0.2, 0.25) is 0 Å². The van der Waals surface area contributed by atoms with Gasteiger partial charge in [0.05, 0.1) is 34.3 Å². The van der Waals surface area contributed by atoms with Crippen molar-refractivity contribution in [1.29, 1.82) is 0 Å². The number of rotatable bonds is 14. The van der Waals surface area contributed by atoms with Gasteiger partial charge in [-0.3, -0.25) is 4.79 Å². The van der Waals surface area contributed by atoms with Crippen LogP contribution in [0, 0.1) is 13.8 Å². The van der Waals surface area contributed by atoms with Crippen LogP contribution < -0.4 is 15.0 Å². The van der Waals surface area contributed by atoms with Gasteiger partial charge < -0.3 is 29.3 Å². The summed E-state index contributed by atoms with van der Waals surface area (Å²) in [6, 6.07) is 18.8. The third-order valence-electron chi connectivity index (χ3n) is 8.42. The van der Waals surface area contributed by atoms with Crippen LogP contribution in [0.4, 0.5) is 10.5 Å². The van der Waals surface area contributed by atoms with Crippen molar-refractivity contribution in [2.75, 3.05) is 45.7 Å². The second-order valence-corrected chi connectivity index (χ2v) is 13.1. The van der Waals surface area contributed by atoms with E-state index in [0.29, 0.717) is 38.8 Å². The Kier molecular flexibility index (Phi) is 11.8. The van der Waals surface area contributed by atoms with Gasteiger partial charge in [0.1, 0.15) is 18.4 Å². The number of aryl methyl sites for hydroxylation is 1. The van der Waals surface area contributed by atoms with Crippen molar-refractivity contribution in [3.8, 4) is 16.9 Å². The van der Waals surface area contributed by atoms with Crippen LogP contribution >= 0.6 is 0 Å². The fourth-order valence-corrected chi connectivity index (χ4v) is 5.76. The van der Waals surface area contributed by atoms with E-state index < -0.39 is 18.1 Å². The van der Waals surface area contributed by atoms with Crippen LogP contribution in [0.3, 0.4) is 0 Å².